The number of amidine groups is 1. The van der Waals surface area contributed by atoms with Gasteiger partial charge in [0.25, 0.3) is 0 Å². The fourth-order valence-electron chi connectivity index (χ4n) is 4.53. The molecule has 2 saturated heterocycles. The molecule has 2 heterocycles. The summed E-state index contributed by atoms with van der Waals surface area (Å²) in [6, 6.07) is 8.82. The number of nitrogens with one attached hydrogen (secondary N) is 1. The normalized spacial score (nSPS) is 18.7. The van der Waals surface area contributed by atoms with E-state index in [1.54, 1.807) is 0 Å². The van der Waals surface area contributed by atoms with Crippen LogP contribution in [0.3, 0.4) is 0 Å². The van der Waals surface area contributed by atoms with Crippen LogP contribution >= 0.6 is 0 Å². The number of carboxylic acids is 1. The van der Waals surface area contributed by atoms with Crippen LogP contribution in [0.1, 0.15) is 63.5 Å². The predicted molar refractivity (Wildman–Crippen MR) is 130 cm³/mol. The van der Waals surface area contributed by atoms with Crippen LogP contribution in [0.25, 0.3) is 0 Å². The van der Waals surface area contributed by atoms with Gasteiger partial charge < -0.3 is 20.5 Å². The molecule has 2 aliphatic rings. The first kappa shape index (κ1) is 29.6. The number of nitrogens with zero attached hydrogens (tertiary/aromatic N) is 2. The van der Waals surface area contributed by atoms with Gasteiger partial charge in [-0.3, -0.25) is 15.1 Å². The second kappa shape index (κ2) is 12.5. The minimum atomic E-state index is -5.08. The Morgan fingerprint density at radius 2 is 1.53 bits per heavy atom. The molecule has 202 valence electrons. The first-order valence-electron chi connectivity index (χ1n) is 12.1. The Hall–Kier alpha value is -2.66. The number of hydrogen-bond acceptors (Lipinski definition) is 6. The lowest BCUT2D eigenvalue weighted by Crippen LogP contribution is -2.48. The van der Waals surface area contributed by atoms with Gasteiger partial charge in [-0.1, -0.05) is 24.3 Å². The van der Waals surface area contributed by atoms with Crippen molar-refractivity contribution in [1.82, 2.24) is 9.80 Å². The standard InChI is InChI=1S/C23H36N4O2.C2HF3O2/c1-23(2,3)29-21(28)16-26-12-10-20(11-13-26)27-14-8-18(9-15-27)17-4-6-19(7-5-17)22(24)25;3-2(4,5)1(6)7/h4-7,18,20H,8-16H2,1-3H3,(H3,24,25);(H,6,7). The number of nitrogens with two attached hydrogens (primary N) is 1. The van der Waals surface area contributed by atoms with Gasteiger partial charge in [0, 0.05) is 24.7 Å². The van der Waals surface area contributed by atoms with Crippen LogP contribution < -0.4 is 5.73 Å². The van der Waals surface area contributed by atoms with Crippen LogP contribution in [0.5, 0.6) is 0 Å². The van der Waals surface area contributed by atoms with E-state index in [0.717, 1.165) is 44.6 Å². The fourth-order valence-corrected chi connectivity index (χ4v) is 4.53. The van der Waals surface area contributed by atoms with Gasteiger partial charge in [-0.2, -0.15) is 13.2 Å². The summed E-state index contributed by atoms with van der Waals surface area (Å²) in [5.41, 5.74) is 7.30. The van der Waals surface area contributed by atoms with Gasteiger partial charge in [0.05, 0.1) is 6.54 Å². The molecule has 0 spiro atoms. The lowest BCUT2D eigenvalue weighted by Gasteiger charge is -2.41. The second-order valence-corrected chi connectivity index (χ2v) is 10.2. The highest BCUT2D eigenvalue weighted by Crippen LogP contribution is 2.30. The van der Waals surface area contributed by atoms with Crippen molar-refractivity contribution in [2.75, 3.05) is 32.7 Å². The summed E-state index contributed by atoms with van der Waals surface area (Å²) in [5.74, 6) is -2.15. The summed E-state index contributed by atoms with van der Waals surface area (Å²) >= 11 is 0. The molecular weight excluding hydrogens is 477 g/mol. The van der Waals surface area contributed by atoms with Crippen molar-refractivity contribution >= 4 is 17.8 Å². The van der Waals surface area contributed by atoms with E-state index in [0.29, 0.717) is 18.5 Å². The van der Waals surface area contributed by atoms with Crippen molar-refractivity contribution in [2.24, 2.45) is 5.73 Å². The highest BCUT2D eigenvalue weighted by molar-refractivity contribution is 5.94. The first-order valence-corrected chi connectivity index (χ1v) is 12.1. The van der Waals surface area contributed by atoms with Gasteiger partial charge in [-0.15, -0.1) is 0 Å². The number of aliphatic carboxylic acids is 1. The lowest BCUT2D eigenvalue weighted by molar-refractivity contribution is -0.192. The van der Waals surface area contributed by atoms with E-state index in [-0.39, 0.29) is 11.8 Å². The summed E-state index contributed by atoms with van der Waals surface area (Å²) in [6.07, 6.45) is -0.476. The number of halogens is 3. The largest absolute Gasteiger partial charge is 0.490 e. The van der Waals surface area contributed by atoms with E-state index < -0.39 is 17.7 Å². The van der Waals surface area contributed by atoms with Crippen molar-refractivity contribution in [3.63, 3.8) is 0 Å². The van der Waals surface area contributed by atoms with Crippen LogP contribution in [-0.2, 0) is 14.3 Å². The molecule has 2 aliphatic heterocycles. The number of alkyl halides is 3. The van der Waals surface area contributed by atoms with Crippen molar-refractivity contribution in [1.29, 1.82) is 5.41 Å². The van der Waals surface area contributed by atoms with E-state index in [1.807, 2.05) is 32.9 Å². The van der Waals surface area contributed by atoms with Crippen molar-refractivity contribution < 1.29 is 32.6 Å². The Labute approximate surface area is 210 Å². The summed E-state index contributed by atoms with van der Waals surface area (Å²) in [4.78, 5) is 25.8. The van der Waals surface area contributed by atoms with Gasteiger partial charge in [-0.05, 0) is 71.0 Å². The number of likely N-dealkylation sites (tertiary alicyclic amines) is 2. The van der Waals surface area contributed by atoms with Gasteiger partial charge >= 0.3 is 18.1 Å². The molecule has 0 bridgehead atoms. The van der Waals surface area contributed by atoms with Crippen molar-refractivity contribution in [3.05, 3.63) is 35.4 Å². The Bertz CT molecular complexity index is 884. The SMILES string of the molecule is CC(C)(C)OC(=O)CN1CCC(N2CCC(c3ccc(C(=N)N)cc3)CC2)CC1.O=C(O)C(F)(F)F. The molecule has 0 atom stereocenters. The average Bonchev–Trinajstić information content (AvgIpc) is 2.78. The minimum Gasteiger partial charge on any atom is -0.475 e. The van der Waals surface area contributed by atoms with Crippen LogP contribution in [0, 0.1) is 5.41 Å². The average molecular weight is 515 g/mol. The number of esters is 1. The van der Waals surface area contributed by atoms with E-state index in [4.69, 9.17) is 25.8 Å². The maximum atomic E-state index is 12.0. The maximum absolute atomic E-state index is 12.0. The Morgan fingerprint density at radius 3 is 1.94 bits per heavy atom. The molecule has 8 nitrogen and oxygen atoms in total. The molecule has 4 N–H and O–H groups in total. The molecule has 0 aliphatic carbocycles. The third-order valence-electron chi connectivity index (χ3n) is 6.31. The van der Waals surface area contributed by atoms with Crippen LogP contribution in [0.2, 0.25) is 0 Å². The molecule has 2 fully saturated rings. The van der Waals surface area contributed by atoms with Gasteiger partial charge in [-0.25, -0.2) is 4.79 Å². The van der Waals surface area contributed by atoms with E-state index in [1.165, 1.54) is 18.4 Å². The molecule has 0 radical (unpaired) electrons. The van der Waals surface area contributed by atoms with Crippen molar-refractivity contribution in [3.8, 4) is 0 Å². The van der Waals surface area contributed by atoms with Gasteiger partial charge in [0.15, 0.2) is 0 Å². The van der Waals surface area contributed by atoms with E-state index in [9.17, 15) is 18.0 Å². The van der Waals surface area contributed by atoms with Gasteiger partial charge in [0.2, 0.25) is 0 Å². The summed E-state index contributed by atoms with van der Waals surface area (Å²) in [6.45, 7) is 10.4. The predicted octanol–water partition coefficient (Wildman–Crippen LogP) is 3.59. The van der Waals surface area contributed by atoms with Crippen molar-refractivity contribution in [2.45, 2.75) is 70.2 Å². The highest BCUT2D eigenvalue weighted by atomic mass is 19.4. The molecule has 11 heteroatoms. The fraction of sp³-hybridized carbons (Fsp3) is 0.640. The molecule has 3 rings (SSSR count). The molecule has 0 amide bonds. The molecule has 36 heavy (non-hydrogen) atoms. The first-order chi connectivity index (χ1) is 16.7. The van der Waals surface area contributed by atoms with Crippen LogP contribution in [0.15, 0.2) is 24.3 Å². The number of carboxylic acid groups (broad SMARTS) is 1. The number of hydrogen-bond donors (Lipinski definition) is 3. The zero-order valence-electron chi connectivity index (χ0n) is 21.1. The molecule has 1 aromatic carbocycles. The number of nitrogen functional groups attached to an aromatic ring is 1. The Balaban J connectivity index is 0.000000572. The third-order valence-corrected chi connectivity index (χ3v) is 6.31. The summed E-state index contributed by atoms with van der Waals surface area (Å²) in [5, 5.41) is 14.6. The number of carbonyl (C=O) groups excluding carboxylic acids is 1. The molecule has 1 aromatic rings. The second-order valence-electron chi connectivity index (χ2n) is 10.2. The number of rotatable bonds is 5. The molecule has 0 unspecified atom stereocenters. The summed E-state index contributed by atoms with van der Waals surface area (Å²) in [7, 11) is 0. The van der Waals surface area contributed by atoms with Crippen LogP contribution in [-0.4, -0.2) is 83.2 Å². The van der Waals surface area contributed by atoms with Crippen LogP contribution in [0.4, 0.5) is 13.2 Å². The zero-order chi connectivity index (χ0) is 27.1. The topological polar surface area (TPSA) is 120 Å². The molecular formula is C25H37F3N4O4. The van der Waals surface area contributed by atoms with Gasteiger partial charge in [0.1, 0.15) is 11.4 Å². The smallest absolute Gasteiger partial charge is 0.475 e. The number of ether oxygens (including phenoxy) is 1. The minimum absolute atomic E-state index is 0.118. The zero-order valence-corrected chi connectivity index (χ0v) is 21.1. The quantitative estimate of drug-likeness (QED) is 0.312. The Kier molecular flexibility index (Phi) is 10.3. The number of benzene rings is 1. The van der Waals surface area contributed by atoms with E-state index in [2.05, 4.69) is 21.9 Å². The number of carbonyl (C=O) groups is 2. The van der Waals surface area contributed by atoms with E-state index >= 15 is 0 Å². The maximum Gasteiger partial charge on any atom is 0.490 e. The monoisotopic (exact) mass is 514 g/mol. The molecule has 0 aromatic heterocycles. The molecule has 0 saturated carbocycles. The highest BCUT2D eigenvalue weighted by Gasteiger charge is 2.38. The third kappa shape index (κ3) is 9.77. The number of piperidine rings is 2. The Morgan fingerprint density at radius 1 is 1.03 bits per heavy atom. The summed E-state index contributed by atoms with van der Waals surface area (Å²) < 4.78 is 37.2. The lowest BCUT2D eigenvalue weighted by atomic mass is 9.87.